The van der Waals surface area contributed by atoms with Gasteiger partial charge in [0.05, 0.1) is 11.3 Å². The molecule has 2 aromatic heterocycles. The average molecular weight is 374 g/mol. The molecule has 0 saturated heterocycles. The maximum Gasteiger partial charge on any atom is 0.257 e. The molecule has 1 aliphatic rings. The normalized spacial score (nSPS) is 14.4. The van der Waals surface area contributed by atoms with E-state index in [0.29, 0.717) is 17.1 Å². The number of nitrogens with two attached hydrogens (primary N) is 1. The average Bonchev–Trinajstić information content (AvgIpc) is 3.04. The van der Waals surface area contributed by atoms with Crippen LogP contribution in [0.15, 0.2) is 35.3 Å². The predicted molar refractivity (Wildman–Crippen MR) is 99.6 cm³/mol. The number of aromatic nitrogens is 3. The highest BCUT2D eigenvalue weighted by molar-refractivity contribution is 7.15. The number of fused-ring (bicyclic) bond motifs is 1. The Morgan fingerprint density at radius 3 is 2.92 bits per heavy atom. The molecule has 8 heteroatoms. The maximum absolute atomic E-state index is 12.1. The van der Waals surface area contributed by atoms with Crippen molar-refractivity contribution in [1.82, 2.24) is 19.9 Å². The van der Waals surface area contributed by atoms with E-state index in [1.54, 1.807) is 11.3 Å². The predicted octanol–water partition coefficient (Wildman–Crippen LogP) is 2.69. The van der Waals surface area contributed by atoms with Gasteiger partial charge in [-0.05, 0) is 12.1 Å². The number of hydrogen-bond donors (Lipinski definition) is 2. The largest absolute Gasteiger partial charge is 0.369 e. The van der Waals surface area contributed by atoms with Gasteiger partial charge in [0.15, 0.2) is 0 Å². The summed E-state index contributed by atoms with van der Waals surface area (Å²) in [5, 5.41) is 1.68. The van der Waals surface area contributed by atoms with E-state index >= 15 is 0 Å². The van der Waals surface area contributed by atoms with Gasteiger partial charge in [0, 0.05) is 47.7 Å². The quantitative estimate of drug-likeness (QED) is 0.737. The minimum atomic E-state index is -0.140. The van der Waals surface area contributed by atoms with E-state index in [1.165, 1.54) is 0 Å². The summed E-state index contributed by atoms with van der Waals surface area (Å²) in [7, 11) is 0. The van der Waals surface area contributed by atoms with Gasteiger partial charge in [0.2, 0.25) is 5.95 Å². The van der Waals surface area contributed by atoms with E-state index in [2.05, 4.69) is 19.9 Å². The van der Waals surface area contributed by atoms with Crippen LogP contribution in [0.25, 0.3) is 10.6 Å². The second kappa shape index (κ2) is 6.59. The van der Waals surface area contributed by atoms with Crippen LogP contribution in [0.2, 0.25) is 5.02 Å². The minimum Gasteiger partial charge on any atom is -0.369 e. The van der Waals surface area contributed by atoms with Crippen LogP contribution in [-0.2, 0) is 19.5 Å². The van der Waals surface area contributed by atoms with E-state index in [9.17, 15) is 4.79 Å². The van der Waals surface area contributed by atoms with Crippen molar-refractivity contribution < 1.29 is 0 Å². The van der Waals surface area contributed by atoms with Crippen LogP contribution in [0.1, 0.15) is 16.1 Å². The molecule has 0 fully saturated rings. The number of nitrogens with zero attached hydrogens (tertiary/aromatic N) is 3. The Morgan fingerprint density at radius 2 is 2.12 bits per heavy atom. The molecule has 0 saturated carbocycles. The molecule has 0 unspecified atom stereocenters. The van der Waals surface area contributed by atoms with Crippen molar-refractivity contribution in [2.45, 2.75) is 19.5 Å². The van der Waals surface area contributed by atoms with Crippen molar-refractivity contribution in [1.29, 1.82) is 0 Å². The van der Waals surface area contributed by atoms with E-state index in [-0.39, 0.29) is 11.5 Å². The molecule has 1 aliphatic heterocycles. The van der Waals surface area contributed by atoms with Gasteiger partial charge in [0.25, 0.3) is 5.56 Å². The molecule has 0 atom stereocenters. The first kappa shape index (κ1) is 16.3. The minimum absolute atomic E-state index is 0.140. The van der Waals surface area contributed by atoms with Crippen molar-refractivity contribution in [3.63, 3.8) is 0 Å². The van der Waals surface area contributed by atoms with Crippen molar-refractivity contribution in [2.75, 3.05) is 12.3 Å². The number of anilines is 1. The lowest BCUT2D eigenvalue weighted by molar-refractivity contribution is 0.244. The molecule has 4 rings (SSSR count). The zero-order valence-corrected chi connectivity index (χ0v) is 14.9. The summed E-state index contributed by atoms with van der Waals surface area (Å²) in [5.41, 5.74) is 8.05. The maximum atomic E-state index is 12.1. The van der Waals surface area contributed by atoms with Crippen molar-refractivity contribution >= 4 is 28.9 Å². The Hall–Kier alpha value is -2.22. The topological polar surface area (TPSA) is 87.9 Å². The van der Waals surface area contributed by atoms with Crippen molar-refractivity contribution in [2.24, 2.45) is 0 Å². The Labute approximate surface area is 153 Å². The number of H-pyrrole nitrogens is 1. The van der Waals surface area contributed by atoms with Crippen LogP contribution in [0.4, 0.5) is 5.95 Å². The molecule has 0 bridgehead atoms. The third-order valence-corrected chi connectivity index (χ3v) is 5.47. The summed E-state index contributed by atoms with van der Waals surface area (Å²) in [6.07, 6.45) is 2.63. The van der Waals surface area contributed by atoms with Crippen LogP contribution in [0.5, 0.6) is 0 Å². The zero-order chi connectivity index (χ0) is 17.4. The molecule has 3 aromatic rings. The summed E-state index contributed by atoms with van der Waals surface area (Å²) in [5.74, 6) is 0.187. The molecule has 3 N–H and O–H groups in total. The molecule has 0 amide bonds. The van der Waals surface area contributed by atoms with Crippen LogP contribution >= 0.6 is 22.9 Å². The Morgan fingerprint density at radius 1 is 1.32 bits per heavy atom. The molecule has 25 heavy (non-hydrogen) atoms. The number of aromatic amines is 1. The number of halogens is 1. The number of nitrogen functional groups attached to an aromatic ring is 1. The number of thiazole rings is 1. The molecule has 128 valence electrons. The smallest absolute Gasteiger partial charge is 0.257 e. The lowest BCUT2D eigenvalue weighted by Gasteiger charge is -2.26. The number of nitrogens with one attached hydrogen (secondary N) is 1. The second-order valence-corrected chi connectivity index (χ2v) is 7.53. The highest BCUT2D eigenvalue weighted by Gasteiger charge is 2.21. The summed E-state index contributed by atoms with van der Waals surface area (Å²) in [6.45, 7) is 2.18. The van der Waals surface area contributed by atoms with E-state index in [4.69, 9.17) is 17.3 Å². The van der Waals surface area contributed by atoms with Gasteiger partial charge in [-0.25, -0.2) is 9.97 Å². The van der Waals surface area contributed by atoms with Gasteiger partial charge < -0.3 is 5.73 Å². The zero-order valence-electron chi connectivity index (χ0n) is 13.3. The fourth-order valence-electron chi connectivity index (χ4n) is 2.96. The Kier molecular flexibility index (Phi) is 4.29. The van der Waals surface area contributed by atoms with E-state index in [1.807, 2.05) is 30.5 Å². The monoisotopic (exact) mass is 373 g/mol. The van der Waals surface area contributed by atoms with Crippen LogP contribution in [0, 0.1) is 0 Å². The summed E-state index contributed by atoms with van der Waals surface area (Å²) in [6, 6.07) is 7.67. The van der Waals surface area contributed by atoms with Gasteiger partial charge in [-0.3, -0.25) is 14.7 Å². The molecule has 0 spiro atoms. The highest BCUT2D eigenvalue weighted by atomic mass is 35.5. The van der Waals surface area contributed by atoms with Gasteiger partial charge in [-0.1, -0.05) is 23.7 Å². The standard InChI is InChI=1S/C17H16ClN5OS/c18-11-3-1-10(2-4-11)16-20-7-12(25-16)8-23-6-5-14-13(9-23)15(24)22-17(19)21-14/h1-4,7H,5-6,8-9H2,(H3,19,21,22,24). The second-order valence-electron chi connectivity index (χ2n) is 5.98. The highest BCUT2D eigenvalue weighted by Crippen LogP contribution is 2.28. The molecule has 0 aliphatic carbocycles. The van der Waals surface area contributed by atoms with Crippen LogP contribution in [-0.4, -0.2) is 26.4 Å². The number of hydrogen-bond acceptors (Lipinski definition) is 6. The first-order chi connectivity index (χ1) is 12.1. The molecule has 1 aromatic carbocycles. The fourth-order valence-corrected chi connectivity index (χ4v) is 4.05. The lowest BCUT2D eigenvalue weighted by atomic mass is 10.1. The van der Waals surface area contributed by atoms with Gasteiger partial charge in [-0.15, -0.1) is 11.3 Å². The third kappa shape index (κ3) is 3.44. The van der Waals surface area contributed by atoms with Gasteiger partial charge >= 0.3 is 0 Å². The van der Waals surface area contributed by atoms with Gasteiger partial charge in [-0.2, -0.15) is 0 Å². The molecule has 6 nitrogen and oxygen atoms in total. The van der Waals surface area contributed by atoms with Gasteiger partial charge in [0.1, 0.15) is 5.01 Å². The summed E-state index contributed by atoms with van der Waals surface area (Å²) >= 11 is 7.59. The molecule has 0 radical (unpaired) electrons. The molecule has 3 heterocycles. The Bertz CT molecular complexity index is 966. The third-order valence-electron chi connectivity index (χ3n) is 4.19. The van der Waals surface area contributed by atoms with Crippen LogP contribution < -0.4 is 11.3 Å². The summed E-state index contributed by atoms with van der Waals surface area (Å²) in [4.78, 5) is 26.8. The first-order valence-corrected chi connectivity index (χ1v) is 9.08. The molecular weight excluding hydrogens is 358 g/mol. The number of rotatable bonds is 3. The summed E-state index contributed by atoms with van der Waals surface area (Å²) < 4.78 is 0. The number of benzene rings is 1. The van der Waals surface area contributed by atoms with Crippen LogP contribution in [0.3, 0.4) is 0 Å². The first-order valence-electron chi connectivity index (χ1n) is 7.89. The van der Waals surface area contributed by atoms with E-state index < -0.39 is 0 Å². The van der Waals surface area contributed by atoms with Crippen molar-refractivity contribution in [3.8, 4) is 10.6 Å². The van der Waals surface area contributed by atoms with Crippen molar-refractivity contribution in [3.05, 3.63) is 62.0 Å². The van der Waals surface area contributed by atoms with E-state index in [0.717, 1.165) is 40.7 Å². The lowest BCUT2D eigenvalue weighted by Crippen LogP contribution is -2.35. The fraction of sp³-hybridized carbons (Fsp3) is 0.235. The SMILES string of the molecule is Nc1nc2c(c(=O)[nH]1)CN(Cc1cnc(-c3ccc(Cl)cc3)s1)CC2. The molecular formula is C17H16ClN5OS. The Balaban J connectivity index is 1.50.